The minimum atomic E-state index is -1.85. The smallest absolute Gasteiger partial charge is 0.126 e. The fourth-order valence-electron chi connectivity index (χ4n) is 2.26. The van der Waals surface area contributed by atoms with E-state index in [-0.39, 0.29) is 12.4 Å². The van der Waals surface area contributed by atoms with Gasteiger partial charge in [-0.2, -0.15) is 5.26 Å². The van der Waals surface area contributed by atoms with Gasteiger partial charge in [0.1, 0.15) is 18.2 Å². The van der Waals surface area contributed by atoms with Crippen LogP contribution in [0.25, 0.3) is 0 Å². The lowest BCUT2D eigenvalue weighted by molar-refractivity contribution is 0.307. The molecule has 0 aromatic heterocycles. The number of hydrogen-bond acceptors (Lipinski definition) is 2. The van der Waals surface area contributed by atoms with Crippen molar-refractivity contribution in [1.82, 2.24) is 0 Å². The monoisotopic (exact) mass is 299 g/mol. The van der Waals surface area contributed by atoms with Crippen LogP contribution in [-0.4, -0.2) is 8.07 Å². The van der Waals surface area contributed by atoms with Gasteiger partial charge in [-0.15, -0.1) is 0 Å². The predicted molar refractivity (Wildman–Crippen MR) is 84.9 cm³/mol. The third-order valence-electron chi connectivity index (χ3n) is 3.25. The topological polar surface area (TPSA) is 33.0 Å². The summed E-state index contributed by atoms with van der Waals surface area (Å²) in [6, 6.07) is 14.4. The molecule has 0 radical (unpaired) electrons. The second-order valence-electron chi connectivity index (χ2n) is 5.92. The van der Waals surface area contributed by atoms with Crippen LogP contribution in [0.15, 0.2) is 42.5 Å². The van der Waals surface area contributed by atoms with Crippen molar-refractivity contribution in [1.29, 1.82) is 5.26 Å². The van der Waals surface area contributed by atoms with Crippen molar-refractivity contribution >= 4 is 13.3 Å². The first-order valence-corrected chi connectivity index (χ1v) is 10.3. The Kier molecular flexibility index (Phi) is 4.44. The highest BCUT2D eigenvalue weighted by atomic mass is 28.3. The van der Waals surface area contributed by atoms with Crippen LogP contribution in [-0.2, 0) is 6.61 Å². The molecule has 2 nitrogen and oxygen atoms in total. The highest BCUT2D eigenvalue weighted by molar-refractivity contribution is 6.89. The summed E-state index contributed by atoms with van der Waals surface area (Å²) in [5, 5.41) is 9.78. The summed E-state index contributed by atoms with van der Waals surface area (Å²) in [6.45, 7) is 6.52. The van der Waals surface area contributed by atoms with E-state index in [1.807, 2.05) is 18.2 Å². The number of benzene rings is 2. The van der Waals surface area contributed by atoms with E-state index in [0.717, 1.165) is 5.56 Å². The van der Waals surface area contributed by atoms with E-state index in [1.54, 1.807) is 18.2 Å². The third kappa shape index (κ3) is 3.50. The van der Waals surface area contributed by atoms with Crippen LogP contribution in [0.2, 0.25) is 19.6 Å². The lowest BCUT2D eigenvalue weighted by Gasteiger charge is -2.21. The van der Waals surface area contributed by atoms with Crippen molar-refractivity contribution in [2.24, 2.45) is 0 Å². The molecule has 21 heavy (non-hydrogen) atoms. The fourth-order valence-corrected chi connectivity index (χ4v) is 3.96. The highest BCUT2D eigenvalue weighted by Gasteiger charge is 2.25. The number of ether oxygens (including phenoxy) is 1. The van der Waals surface area contributed by atoms with Crippen molar-refractivity contribution in [2.45, 2.75) is 26.2 Å². The molecule has 0 aliphatic heterocycles. The Hall–Kier alpha value is -2.12. The predicted octanol–water partition coefficient (Wildman–Crippen LogP) is 3.82. The van der Waals surface area contributed by atoms with Crippen LogP contribution < -0.4 is 9.92 Å². The summed E-state index contributed by atoms with van der Waals surface area (Å²) in [6.07, 6.45) is 0. The molecule has 108 valence electrons. The fraction of sp³-hybridized carbons (Fsp3) is 0.235. The van der Waals surface area contributed by atoms with Gasteiger partial charge in [-0.25, -0.2) is 4.39 Å². The summed E-state index contributed by atoms with van der Waals surface area (Å²) >= 11 is 0. The van der Waals surface area contributed by atoms with Crippen LogP contribution in [0.3, 0.4) is 0 Å². The van der Waals surface area contributed by atoms with E-state index < -0.39 is 8.07 Å². The average Bonchev–Trinajstić information content (AvgIpc) is 2.44. The minimum Gasteiger partial charge on any atom is -0.489 e. The molecule has 4 heteroatoms. The van der Waals surface area contributed by atoms with Gasteiger partial charge in [0, 0.05) is 10.8 Å². The van der Waals surface area contributed by atoms with Gasteiger partial charge < -0.3 is 4.74 Å². The van der Waals surface area contributed by atoms with E-state index >= 15 is 0 Å². The Morgan fingerprint density at radius 3 is 2.48 bits per heavy atom. The maximum absolute atomic E-state index is 14.1. The van der Waals surface area contributed by atoms with Gasteiger partial charge >= 0.3 is 0 Å². The van der Waals surface area contributed by atoms with Gasteiger partial charge in [0.2, 0.25) is 0 Å². The quantitative estimate of drug-likeness (QED) is 0.804. The number of rotatable bonds is 4. The summed E-state index contributed by atoms with van der Waals surface area (Å²) in [5.41, 5.74) is 1.40. The molecule has 0 saturated carbocycles. The Balaban J connectivity index is 2.30. The van der Waals surface area contributed by atoms with Gasteiger partial charge in [-0.05, 0) is 18.2 Å². The molecule has 0 spiro atoms. The summed E-state index contributed by atoms with van der Waals surface area (Å²) in [5.74, 6) is 0.377. The second-order valence-corrected chi connectivity index (χ2v) is 10.9. The molecule has 0 atom stereocenters. The van der Waals surface area contributed by atoms with Gasteiger partial charge in [-0.3, -0.25) is 0 Å². The molecular weight excluding hydrogens is 281 g/mol. The summed E-state index contributed by atoms with van der Waals surface area (Å²) in [4.78, 5) is 0. The van der Waals surface area contributed by atoms with Crippen molar-refractivity contribution < 1.29 is 9.13 Å². The summed E-state index contributed by atoms with van der Waals surface area (Å²) in [7, 11) is -1.85. The van der Waals surface area contributed by atoms with Crippen LogP contribution in [0.5, 0.6) is 5.75 Å². The van der Waals surface area contributed by atoms with Crippen molar-refractivity contribution in [2.75, 3.05) is 0 Å². The van der Waals surface area contributed by atoms with Crippen molar-refractivity contribution in [3.8, 4) is 11.8 Å². The zero-order valence-electron chi connectivity index (χ0n) is 12.5. The molecule has 0 saturated heterocycles. The highest BCUT2D eigenvalue weighted by Crippen LogP contribution is 2.19. The maximum Gasteiger partial charge on any atom is 0.126 e. The zero-order valence-corrected chi connectivity index (χ0v) is 13.5. The van der Waals surface area contributed by atoms with E-state index in [9.17, 15) is 4.39 Å². The van der Waals surface area contributed by atoms with E-state index in [4.69, 9.17) is 10.00 Å². The molecule has 0 bridgehead atoms. The van der Waals surface area contributed by atoms with Gasteiger partial charge in [0.05, 0.1) is 19.7 Å². The number of nitriles is 1. The third-order valence-corrected chi connectivity index (χ3v) is 5.23. The van der Waals surface area contributed by atoms with Gasteiger partial charge in [0.15, 0.2) is 0 Å². The standard InChI is InChI=1S/C17H18FNOSi/c1-21(2,3)17-15(18)9-6-10-16(17)20-12-14-8-5-4-7-13(14)11-19/h4-10H,12H2,1-3H3. The van der Waals surface area contributed by atoms with Crippen molar-refractivity contribution in [3.63, 3.8) is 0 Å². The molecule has 2 aromatic carbocycles. The SMILES string of the molecule is C[Si](C)(C)c1c(F)cccc1OCc1ccccc1C#N. The zero-order chi connectivity index (χ0) is 15.5. The first kappa shape index (κ1) is 15.3. The Labute approximate surface area is 125 Å². The molecule has 0 unspecified atom stereocenters. The molecule has 0 amide bonds. The number of hydrogen-bond donors (Lipinski definition) is 0. The van der Waals surface area contributed by atoms with Crippen LogP contribution >= 0.6 is 0 Å². The number of nitrogens with zero attached hydrogens (tertiary/aromatic N) is 1. The second kappa shape index (κ2) is 6.11. The molecule has 0 aliphatic carbocycles. The Bertz CT molecular complexity index is 686. The minimum absolute atomic E-state index is 0.208. The van der Waals surface area contributed by atoms with Crippen LogP contribution in [0.4, 0.5) is 4.39 Å². The first-order valence-electron chi connectivity index (χ1n) is 6.83. The maximum atomic E-state index is 14.1. The van der Waals surface area contributed by atoms with Gasteiger partial charge in [0.25, 0.3) is 0 Å². The molecule has 2 rings (SSSR count). The van der Waals surface area contributed by atoms with Crippen LogP contribution in [0.1, 0.15) is 11.1 Å². The largest absolute Gasteiger partial charge is 0.489 e. The Morgan fingerprint density at radius 1 is 1.10 bits per heavy atom. The first-order chi connectivity index (χ1) is 9.93. The van der Waals surface area contributed by atoms with E-state index in [0.29, 0.717) is 16.5 Å². The lowest BCUT2D eigenvalue weighted by atomic mass is 10.1. The molecule has 0 aliphatic rings. The molecule has 0 N–H and O–H groups in total. The molecule has 0 fully saturated rings. The lowest BCUT2D eigenvalue weighted by Crippen LogP contribution is -2.41. The average molecular weight is 299 g/mol. The normalized spacial score (nSPS) is 11.0. The van der Waals surface area contributed by atoms with Crippen molar-refractivity contribution in [3.05, 3.63) is 59.4 Å². The van der Waals surface area contributed by atoms with Gasteiger partial charge in [-0.1, -0.05) is 43.9 Å². The molecular formula is C17H18FNOSi. The molecule has 2 aromatic rings. The van der Waals surface area contributed by atoms with Crippen LogP contribution in [0, 0.1) is 17.1 Å². The molecule has 0 heterocycles. The summed E-state index contributed by atoms with van der Waals surface area (Å²) < 4.78 is 19.9. The van der Waals surface area contributed by atoms with E-state index in [1.165, 1.54) is 6.07 Å². The number of halogens is 1. The van der Waals surface area contributed by atoms with E-state index in [2.05, 4.69) is 25.7 Å². The Morgan fingerprint density at radius 2 is 1.81 bits per heavy atom.